The van der Waals surface area contributed by atoms with Crippen LogP contribution in [0.4, 0.5) is 0 Å². The fraction of sp³-hybridized carbons (Fsp3) is 0.200. The fourth-order valence-corrected chi connectivity index (χ4v) is 7.24. The molecule has 0 aliphatic heterocycles. The van der Waals surface area contributed by atoms with Crippen LogP contribution >= 0.6 is 47.8 Å². The molecule has 33 heavy (non-hydrogen) atoms. The average molecular weight is 623 g/mol. The van der Waals surface area contributed by atoms with Gasteiger partial charge in [0.25, 0.3) is 0 Å². The van der Waals surface area contributed by atoms with E-state index in [0.717, 1.165) is 34.6 Å². The third kappa shape index (κ3) is 3.42. The molecule has 0 saturated heterocycles. The maximum Gasteiger partial charge on any atom is 0.0216 e. The first-order valence-corrected chi connectivity index (χ1v) is 13.8. The van der Waals surface area contributed by atoms with Gasteiger partial charge in [-0.25, -0.2) is 0 Å². The lowest BCUT2D eigenvalue weighted by Crippen LogP contribution is -2.40. The molecule has 1 saturated carbocycles. The zero-order valence-electron chi connectivity index (χ0n) is 18.1. The first kappa shape index (κ1) is 21.8. The van der Waals surface area contributed by atoms with Gasteiger partial charge in [0, 0.05) is 24.2 Å². The van der Waals surface area contributed by atoms with E-state index in [2.05, 4.69) is 139 Å². The molecule has 4 aromatic rings. The molecular formula is C30H23Br3. The van der Waals surface area contributed by atoms with E-state index in [1.54, 1.807) is 0 Å². The van der Waals surface area contributed by atoms with Crippen LogP contribution in [0.15, 0.2) is 104 Å². The van der Waals surface area contributed by atoms with Crippen molar-refractivity contribution in [3.63, 3.8) is 0 Å². The zero-order valence-corrected chi connectivity index (χ0v) is 22.9. The van der Waals surface area contributed by atoms with Gasteiger partial charge in [-0.1, -0.05) is 102 Å². The second-order valence-electron chi connectivity index (χ2n) is 9.41. The summed E-state index contributed by atoms with van der Waals surface area (Å²) in [5.41, 5.74) is 8.79. The monoisotopic (exact) mass is 620 g/mol. The summed E-state index contributed by atoms with van der Waals surface area (Å²) in [7, 11) is 0. The highest BCUT2D eigenvalue weighted by Crippen LogP contribution is 2.60. The van der Waals surface area contributed by atoms with Crippen LogP contribution in [-0.2, 0) is 10.8 Å². The van der Waals surface area contributed by atoms with E-state index in [1.807, 2.05) is 0 Å². The standard InChI is InChI=1S/C30H23Br3/c31-22-9-5-20(6-10-22)29(21-7-11-23(32)12-8-21)15-17-30(18-16-29)27-4-2-1-3-25(27)26-14-13-24(33)19-28(26)30/h1-14,19H,15-18H2. The first-order valence-electron chi connectivity index (χ1n) is 11.4. The highest BCUT2D eigenvalue weighted by atomic mass is 79.9. The number of rotatable bonds is 2. The second-order valence-corrected chi connectivity index (χ2v) is 12.2. The molecular weight excluding hydrogens is 600 g/mol. The molecule has 4 aromatic carbocycles. The molecule has 1 fully saturated rings. The Hall–Kier alpha value is -1.68. The van der Waals surface area contributed by atoms with Crippen molar-refractivity contribution in [2.75, 3.05) is 0 Å². The van der Waals surface area contributed by atoms with E-state index in [9.17, 15) is 0 Å². The Morgan fingerprint density at radius 1 is 0.455 bits per heavy atom. The summed E-state index contributed by atoms with van der Waals surface area (Å²) in [5, 5.41) is 0. The van der Waals surface area contributed by atoms with Crippen LogP contribution in [0.25, 0.3) is 11.1 Å². The quantitative estimate of drug-likeness (QED) is 0.209. The average Bonchev–Trinajstić information content (AvgIpc) is 3.10. The van der Waals surface area contributed by atoms with Gasteiger partial charge in [0.15, 0.2) is 0 Å². The fourth-order valence-electron chi connectivity index (χ4n) is 6.35. The molecule has 0 N–H and O–H groups in total. The Balaban J connectivity index is 1.48. The molecule has 0 radical (unpaired) electrons. The van der Waals surface area contributed by atoms with E-state index in [1.165, 1.54) is 37.9 Å². The number of hydrogen-bond donors (Lipinski definition) is 0. The molecule has 0 atom stereocenters. The molecule has 0 heterocycles. The molecule has 0 aromatic heterocycles. The van der Waals surface area contributed by atoms with Crippen molar-refractivity contribution in [2.24, 2.45) is 0 Å². The van der Waals surface area contributed by atoms with Crippen molar-refractivity contribution in [2.45, 2.75) is 36.5 Å². The first-order chi connectivity index (χ1) is 16.0. The Bertz CT molecular complexity index is 1280. The van der Waals surface area contributed by atoms with Gasteiger partial charge in [0.1, 0.15) is 0 Å². The Morgan fingerprint density at radius 2 is 0.939 bits per heavy atom. The molecule has 2 aliphatic carbocycles. The molecule has 164 valence electrons. The topological polar surface area (TPSA) is 0 Å². The van der Waals surface area contributed by atoms with E-state index >= 15 is 0 Å². The Kier molecular flexibility index (Phi) is 5.44. The van der Waals surface area contributed by atoms with E-state index in [4.69, 9.17) is 0 Å². The van der Waals surface area contributed by atoms with Gasteiger partial charge in [-0.2, -0.15) is 0 Å². The van der Waals surface area contributed by atoms with Gasteiger partial charge in [0.05, 0.1) is 0 Å². The summed E-state index contributed by atoms with van der Waals surface area (Å²) < 4.78 is 3.44. The number of fused-ring (bicyclic) bond motifs is 5. The van der Waals surface area contributed by atoms with Crippen LogP contribution in [0.5, 0.6) is 0 Å². The number of benzene rings is 4. The van der Waals surface area contributed by atoms with Crippen molar-refractivity contribution in [1.82, 2.24) is 0 Å². The highest BCUT2D eigenvalue weighted by Gasteiger charge is 2.50. The predicted molar refractivity (Wildman–Crippen MR) is 148 cm³/mol. The summed E-state index contributed by atoms with van der Waals surface area (Å²) in [6.07, 6.45) is 4.52. The smallest absolute Gasteiger partial charge is 0.0216 e. The van der Waals surface area contributed by atoms with Crippen molar-refractivity contribution < 1.29 is 0 Å². The van der Waals surface area contributed by atoms with Crippen molar-refractivity contribution >= 4 is 47.8 Å². The largest absolute Gasteiger partial charge is 0.0619 e. The maximum atomic E-state index is 3.76. The van der Waals surface area contributed by atoms with Crippen LogP contribution in [0.1, 0.15) is 47.9 Å². The summed E-state index contributed by atoms with van der Waals surface area (Å²) in [5.74, 6) is 0. The molecule has 0 bridgehead atoms. The SMILES string of the molecule is Brc1ccc(C2(c3ccc(Br)cc3)CCC3(CC2)c2ccccc2-c2ccc(Br)cc23)cc1. The predicted octanol–water partition coefficient (Wildman–Crippen LogP) is 9.80. The van der Waals surface area contributed by atoms with Crippen LogP contribution in [0.3, 0.4) is 0 Å². The summed E-state index contributed by atoms with van der Waals surface area (Å²) in [6, 6.07) is 34.0. The van der Waals surface area contributed by atoms with Gasteiger partial charge >= 0.3 is 0 Å². The van der Waals surface area contributed by atoms with Crippen LogP contribution in [-0.4, -0.2) is 0 Å². The Labute approximate surface area is 220 Å². The van der Waals surface area contributed by atoms with Crippen LogP contribution < -0.4 is 0 Å². The number of hydrogen-bond acceptors (Lipinski definition) is 0. The lowest BCUT2D eigenvalue weighted by molar-refractivity contribution is 0.260. The van der Waals surface area contributed by atoms with Gasteiger partial charge in [-0.15, -0.1) is 0 Å². The third-order valence-corrected chi connectivity index (χ3v) is 9.53. The highest BCUT2D eigenvalue weighted by molar-refractivity contribution is 9.11. The van der Waals surface area contributed by atoms with Crippen LogP contribution in [0.2, 0.25) is 0 Å². The van der Waals surface area contributed by atoms with E-state index in [0.29, 0.717) is 0 Å². The molecule has 6 rings (SSSR count). The van der Waals surface area contributed by atoms with E-state index < -0.39 is 0 Å². The maximum absolute atomic E-state index is 3.76. The van der Waals surface area contributed by atoms with Crippen molar-refractivity contribution in [1.29, 1.82) is 0 Å². The van der Waals surface area contributed by atoms with Crippen LogP contribution in [0, 0.1) is 0 Å². The minimum Gasteiger partial charge on any atom is -0.0619 e. The van der Waals surface area contributed by atoms with Gasteiger partial charge < -0.3 is 0 Å². The molecule has 0 unspecified atom stereocenters. The molecule has 0 amide bonds. The zero-order chi connectivity index (χ0) is 22.6. The molecule has 2 aliphatic rings. The molecule has 3 heteroatoms. The van der Waals surface area contributed by atoms with Gasteiger partial charge in [-0.05, 0) is 95.5 Å². The summed E-state index contributed by atoms with van der Waals surface area (Å²) in [4.78, 5) is 0. The second kappa shape index (κ2) is 8.22. The van der Waals surface area contributed by atoms with Crippen molar-refractivity contribution in [3.8, 4) is 11.1 Å². The number of halogens is 3. The van der Waals surface area contributed by atoms with Crippen molar-refractivity contribution in [3.05, 3.63) is 127 Å². The normalized spacial score (nSPS) is 17.5. The summed E-state index contributed by atoms with van der Waals surface area (Å²) >= 11 is 11.0. The molecule has 0 nitrogen and oxygen atoms in total. The van der Waals surface area contributed by atoms with Gasteiger partial charge in [0.2, 0.25) is 0 Å². The lowest BCUT2D eigenvalue weighted by atomic mass is 9.56. The minimum absolute atomic E-state index is 0.0242. The van der Waals surface area contributed by atoms with E-state index in [-0.39, 0.29) is 10.8 Å². The summed E-state index contributed by atoms with van der Waals surface area (Å²) in [6.45, 7) is 0. The van der Waals surface area contributed by atoms with Gasteiger partial charge in [-0.3, -0.25) is 0 Å². The molecule has 1 spiro atoms. The lowest BCUT2D eigenvalue weighted by Gasteiger charge is -2.47. The third-order valence-electron chi connectivity index (χ3n) is 7.98. The minimum atomic E-state index is 0.0242. The Morgan fingerprint density at radius 3 is 1.55 bits per heavy atom.